The molecule has 0 radical (unpaired) electrons. The van der Waals surface area contributed by atoms with Gasteiger partial charge in [-0.15, -0.1) is 11.3 Å². The normalized spacial score (nSPS) is 12.6. The van der Waals surface area contributed by atoms with Crippen LogP contribution >= 0.6 is 11.3 Å². The van der Waals surface area contributed by atoms with Crippen molar-refractivity contribution in [2.24, 2.45) is 4.99 Å². The Hall–Kier alpha value is -2.13. The van der Waals surface area contributed by atoms with Crippen molar-refractivity contribution in [1.29, 1.82) is 0 Å². The minimum Gasteiger partial charge on any atom is -0.311 e. The van der Waals surface area contributed by atoms with Crippen molar-refractivity contribution in [3.05, 3.63) is 69.8 Å². The lowest BCUT2D eigenvalue weighted by molar-refractivity contribution is 0.392. The lowest BCUT2D eigenvalue weighted by Crippen LogP contribution is -2.31. The summed E-state index contributed by atoms with van der Waals surface area (Å²) in [6.07, 6.45) is 0. The SMILES string of the molecule is Cc1ccc(N=c2scc(-c3ccccc3)n2C(C)(C)C)c(C)c1. The van der Waals surface area contributed by atoms with Gasteiger partial charge in [0, 0.05) is 10.9 Å². The maximum absolute atomic E-state index is 4.98. The van der Waals surface area contributed by atoms with Crippen molar-refractivity contribution in [1.82, 2.24) is 4.57 Å². The van der Waals surface area contributed by atoms with Crippen molar-refractivity contribution in [2.45, 2.75) is 40.2 Å². The highest BCUT2D eigenvalue weighted by Gasteiger charge is 2.20. The molecule has 0 aliphatic heterocycles. The summed E-state index contributed by atoms with van der Waals surface area (Å²) in [4.78, 5) is 6.01. The third-order valence-electron chi connectivity index (χ3n) is 4.02. The Balaban J connectivity index is 2.23. The summed E-state index contributed by atoms with van der Waals surface area (Å²) < 4.78 is 2.34. The van der Waals surface area contributed by atoms with Crippen molar-refractivity contribution in [3.63, 3.8) is 0 Å². The van der Waals surface area contributed by atoms with Gasteiger partial charge in [-0.2, -0.15) is 0 Å². The Morgan fingerprint density at radius 1 is 0.958 bits per heavy atom. The van der Waals surface area contributed by atoms with Crippen LogP contribution in [0.4, 0.5) is 5.69 Å². The Kier molecular flexibility index (Phi) is 4.46. The Labute approximate surface area is 148 Å². The number of rotatable bonds is 2. The standard InChI is InChI=1S/C21H24N2S/c1-15-11-12-18(16(2)13-15)22-20-23(21(3,4)5)19(14-24-20)17-9-7-6-8-10-17/h6-14H,1-5H3. The van der Waals surface area contributed by atoms with Gasteiger partial charge in [0.1, 0.15) is 0 Å². The molecule has 0 amide bonds. The zero-order valence-corrected chi connectivity index (χ0v) is 15.8. The molecular formula is C21H24N2S. The van der Waals surface area contributed by atoms with Gasteiger partial charge in [-0.3, -0.25) is 0 Å². The lowest BCUT2D eigenvalue weighted by Gasteiger charge is -2.24. The average molecular weight is 337 g/mol. The molecule has 0 aliphatic rings. The van der Waals surface area contributed by atoms with Crippen LogP contribution in [0, 0.1) is 13.8 Å². The predicted molar refractivity (Wildman–Crippen MR) is 104 cm³/mol. The number of aromatic nitrogens is 1. The molecule has 0 bridgehead atoms. The Morgan fingerprint density at radius 2 is 1.67 bits per heavy atom. The highest BCUT2D eigenvalue weighted by Crippen LogP contribution is 2.27. The van der Waals surface area contributed by atoms with Crippen LogP contribution in [0.5, 0.6) is 0 Å². The topological polar surface area (TPSA) is 17.3 Å². The van der Waals surface area contributed by atoms with E-state index in [-0.39, 0.29) is 5.54 Å². The van der Waals surface area contributed by atoms with Gasteiger partial charge in [0.25, 0.3) is 0 Å². The molecule has 1 aromatic heterocycles. The fraction of sp³-hybridized carbons (Fsp3) is 0.286. The van der Waals surface area contributed by atoms with Crippen LogP contribution in [0.25, 0.3) is 11.3 Å². The average Bonchev–Trinajstić information content (AvgIpc) is 2.95. The Morgan fingerprint density at radius 3 is 2.29 bits per heavy atom. The number of nitrogens with zero attached hydrogens (tertiary/aromatic N) is 2. The van der Waals surface area contributed by atoms with Crippen molar-refractivity contribution in [2.75, 3.05) is 0 Å². The molecule has 24 heavy (non-hydrogen) atoms. The van der Waals surface area contributed by atoms with Gasteiger partial charge in [-0.05, 0) is 51.8 Å². The van der Waals surface area contributed by atoms with Gasteiger partial charge in [0.2, 0.25) is 0 Å². The monoisotopic (exact) mass is 336 g/mol. The number of thiazole rings is 1. The third kappa shape index (κ3) is 3.36. The van der Waals surface area contributed by atoms with E-state index >= 15 is 0 Å². The number of hydrogen-bond donors (Lipinski definition) is 0. The second kappa shape index (κ2) is 6.40. The van der Waals surface area contributed by atoms with Crippen molar-refractivity contribution in [3.8, 4) is 11.3 Å². The van der Waals surface area contributed by atoms with Crippen LogP contribution in [0.3, 0.4) is 0 Å². The minimum absolute atomic E-state index is 0.0391. The molecule has 0 N–H and O–H groups in total. The summed E-state index contributed by atoms with van der Waals surface area (Å²) in [6.45, 7) is 10.9. The van der Waals surface area contributed by atoms with E-state index in [9.17, 15) is 0 Å². The van der Waals surface area contributed by atoms with Gasteiger partial charge in [-0.1, -0.05) is 48.0 Å². The van der Waals surface area contributed by atoms with E-state index in [1.807, 2.05) is 0 Å². The number of benzene rings is 2. The Bertz CT molecular complexity index is 909. The van der Waals surface area contributed by atoms with E-state index < -0.39 is 0 Å². The fourth-order valence-electron chi connectivity index (χ4n) is 2.88. The minimum atomic E-state index is -0.0391. The molecule has 0 unspecified atom stereocenters. The lowest BCUT2D eigenvalue weighted by atomic mass is 10.1. The smallest absolute Gasteiger partial charge is 0.190 e. The van der Waals surface area contributed by atoms with E-state index in [0.717, 1.165) is 10.5 Å². The van der Waals surface area contributed by atoms with Gasteiger partial charge in [-0.25, -0.2) is 4.99 Å². The first-order valence-electron chi connectivity index (χ1n) is 8.25. The highest BCUT2D eigenvalue weighted by atomic mass is 32.1. The summed E-state index contributed by atoms with van der Waals surface area (Å²) in [5.74, 6) is 0. The van der Waals surface area contributed by atoms with E-state index in [4.69, 9.17) is 4.99 Å². The van der Waals surface area contributed by atoms with Crippen molar-refractivity contribution >= 4 is 17.0 Å². The predicted octanol–water partition coefficient (Wildman–Crippen LogP) is 5.82. The molecule has 2 aromatic carbocycles. The molecule has 0 atom stereocenters. The second-order valence-corrected chi connectivity index (χ2v) is 8.01. The van der Waals surface area contributed by atoms with E-state index in [0.29, 0.717) is 0 Å². The maximum Gasteiger partial charge on any atom is 0.190 e. The van der Waals surface area contributed by atoms with Crippen LogP contribution in [0.15, 0.2) is 58.9 Å². The van der Waals surface area contributed by atoms with Gasteiger partial charge in [0.05, 0.1) is 11.4 Å². The molecule has 1 heterocycles. The summed E-state index contributed by atoms with van der Waals surface area (Å²) in [5, 5.41) is 2.21. The van der Waals surface area contributed by atoms with Crippen molar-refractivity contribution < 1.29 is 0 Å². The van der Waals surface area contributed by atoms with Crippen LogP contribution in [0.1, 0.15) is 31.9 Å². The zero-order valence-electron chi connectivity index (χ0n) is 15.0. The largest absolute Gasteiger partial charge is 0.311 e. The molecule has 124 valence electrons. The summed E-state index contributed by atoms with van der Waals surface area (Å²) in [7, 11) is 0. The van der Waals surface area contributed by atoms with E-state index in [1.54, 1.807) is 11.3 Å². The molecule has 3 rings (SSSR count). The van der Waals surface area contributed by atoms with Crippen LogP contribution < -0.4 is 4.80 Å². The molecule has 0 saturated heterocycles. The molecule has 3 aromatic rings. The molecule has 0 aliphatic carbocycles. The zero-order chi connectivity index (χ0) is 17.3. The van der Waals surface area contributed by atoms with Crippen LogP contribution in [-0.2, 0) is 5.54 Å². The fourth-order valence-corrected chi connectivity index (χ4v) is 3.97. The first kappa shape index (κ1) is 16.7. The number of aryl methyl sites for hydroxylation is 2. The first-order chi connectivity index (χ1) is 11.4. The van der Waals surface area contributed by atoms with Crippen LogP contribution in [0.2, 0.25) is 0 Å². The summed E-state index contributed by atoms with van der Waals surface area (Å²) in [5.41, 5.74) is 5.93. The second-order valence-electron chi connectivity index (χ2n) is 7.18. The summed E-state index contributed by atoms with van der Waals surface area (Å²) in [6, 6.07) is 17.0. The number of hydrogen-bond acceptors (Lipinski definition) is 2. The molecule has 3 heteroatoms. The van der Waals surface area contributed by atoms with E-state index in [1.165, 1.54) is 22.4 Å². The van der Waals surface area contributed by atoms with Gasteiger partial charge >= 0.3 is 0 Å². The summed E-state index contributed by atoms with van der Waals surface area (Å²) >= 11 is 1.70. The van der Waals surface area contributed by atoms with E-state index in [2.05, 4.69) is 93.1 Å². The highest BCUT2D eigenvalue weighted by molar-refractivity contribution is 7.07. The van der Waals surface area contributed by atoms with Gasteiger partial charge < -0.3 is 4.57 Å². The molecular weight excluding hydrogens is 312 g/mol. The molecule has 0 spiro atoms. The quantitative estimate of drug-likeness (QED) is 0.561. The van der Waals surface area contributed by atoms with Gasteiger partial charge in [0.15, 0.2) is 4.80 Å². The van der Waals surface area contributed by atoms with Crippen LogP contribution in [-0.4, -0.2) is 4.57 Å². The maximum atomic E-state index is 4.98. The molecule has 0 fully saturated rings. The first-order valence-corrected chi connectivity index (χ1v) is 9.12. The third-order valence-corrected chi connectivity index (χ3v) is 4.84. The molecule has 2 nitrogen and oxygen atoms in total. The molecule has 0 saturated carbocycles.